The van der Waals surface area contributed by atoms with Gasteiger partial charge in [0.2, 0.25) is 5.56 Å². The molecule has 0 aliphatic carbocycles. The molecule has 4 aromatic rings. The van der Waals surface area contributed by atoms with Crippen LogP contribution in [0.15, 0.2) is 76.3 Å². The van der Waals surface area contributed by atoms with Gasteiger partial charge in [-0.15, -0.1) is 0 Å². The zero-order valence-electron chi connectivity index (χ0n) is 13.4. The molecule has 4 rings (SSSR count). The van der Waals surface area contributed by atoms with E-state index in [4.69, 9.17) is 0 Å². The van der Waals surface area contributed by atoms with Crippen molar-refractivity contribution in [2.75, 3.05) is 5.32 Å². The largest absolute Gasteiger partial charge is 0.322 e. The van der Waals surface area contributed by atoms with Crippen molar-refractivity contribution in [1.29, 1.82) is 0 Å². The summed E-state index contributed by atoms with van der Waals surface area (Å²) >= 11 is 3.37. The number of amides is 1. The monoisotopic (exact) mass is 408 g/mol. The zero-order chi connectivity index (χ0) is 18.1. The lowest BCUT2D eigenvalue weighted by atomic mass is 10.1. The first-order chi connectivity index (χ1) is 12.6. The Bertz CT molecular complexity index is 1180. The van der Waals surface area contributed by atoms with Gasteiger partial charge in [-0.25, -0.2) is 4.68 Å². The van der Waals surface area contributed by atoms with Gasteiger partial charge in [0.25, 0.3) is 5.91 Å². The lowest BCUT2D eigenvalue weighted by Crippen LogP contribution is -2.18. The van der Waals surface area contributed by atoms with E-state index in [2.05, 4.69) is 31.3 Å². The summed E-state index contributed by atoms with van der Waals surface area (Å²) in [5, 5.41) is 7.82. The minimum absolute atomic E-state index is 0.320. The number of H-pyrrole nitrogens is 1. The molecule has 0 spiro atoms. The highest BCUT2D eigenvalue weighted by Crippen LogP contribution is 2.23. The molecule has 7 heteroatoms. The van der Waals surface area contributed by atoms with Crippen molar-refractivity contribution in [3.8, 4) is 5.69 Å². The van der Waals surface area contributed by atoms with E-state index in [0.717, 1.165) is 10.2 Å². The number of pyridine rings is 1. The third kappa shape index (κ3) is 3.04. The van der Waals surface area contributed by atoms with Crippen LogP contribution in [0.5, 0.6) is 0 Å². The molecule has 2 aromatic carbocycles. The van der Waals surface area contributed by atoms with E-state index in [-0.39, 0.29) is 11.5 Å². The van der Waals surface area contributed by atoms with Gasteiger partial charge < -0.3 is 10.3 Å². The highest BCUT2D eigenvalue weighted by molar-refractivity contribution is 9.10. The molecule has 26 heavy (non-hydrogen) atoms. The number of hydrogen-bond donors (Lipinski definition) is 2. The Hall–Kier alpha value is -3.19. The van der Waals surface area contributed by atoms with Crippen LogP contribution in [0.1, 0.15) is 10.4 Å². The average Bonchev–Trinajstić information content (AvgIpc) is 3.07. The molecular formula is C19H13BrN4O2. The van der Waals surface area contributed by atoms with E-state index < -0.39 is 0 Å². The minimum Gasteiger partial charge on any atom is -0.322 e. The SMILES string of the molecule is O=C(Nc1ccccc1-n1cc(Br)cn1)c1cc(=O)[nH]c2ccccc12. The molecule has 0 atom stereocenters. The second kappa shape index (κ2) is 6.61. The molecule has 0 aliphatic rings. The number of carbonyl (C=O) groups is 1. The molecule has 2 N–H and O–H groups in total. The maximum absolute atomic E-state index is 12.9. The normalized spacial score (nSPS) is 10.8. The molecule has 0 saturated carbocycles. The molecule has 6 nitrogen and oxygen atoms in total. The second-order valence-electron chi connectivity index (χ2n) is 5.67. The van der Waals surface area contributed by atoms with Crippen LogP contribution in [-0.4, -0.2) is 20.7 Å². The summed E-state index contributed by atoms with van der Waals surface area (Å²) in [6.07, 6.45) is 3.47. The maximum Gasteiger partial charge on any atom is 0.256 e. The zero-order valence-corrected chi connectivity index (χ0v) is 15.0. The van der Waals surface area contributed by atoms with Gasteiger partial charge in [-0.2, -0.15) is 5.10 Å². The Balaban J connectivity index is 1.76. The average molecular weight is 409 g/mol. The fraction of sp³-hybridized carbons (Fsp3) is 0. The van der Waals surface area contributed by atoms with Gasteiger partial charge in [0.15, 0.2) is 0 Å². The molecule has 0 saturated heterocycles. The van der Waals surface area contributed by atoms with Crippen molar-refractivity contribution in [2.45, 2.75) is 0 Å². The fourth-order valence-electron chi connectivity index (χ4n) is 2.79. The summed E-state index contributed by atoms with van der Waals surface area (Å²) in [7, 11) is 0. The Labute approximate surface area is 156 Å². The summed E-state index contributed by atoms with van der Waals surface area (Å²) in [6, 6.07) is 15.8. The van der Waals surface area contributed by atoms with Gasteiger partial charge >= 0.3 is 0 Å². The van der Waals surface area contributed by atoms with E-state index in [0.29, 0.717) is 22.2 Å². The summed E-state index contributed by atoms with van der Waals surface area (Å²) in [6.45, 7) is 0. The number of hydrogen-bond acceptors (Lipinski definition) is 3. The maximum atomic E-state index is 12.9. The van der Waals surface area contributed by atoms with Gasteiger partial charge in [-0.05, 0) is 34.1 Å². The number of nitrogens with one attached hydrogen (secondary N) is 2. The molecular weight excluding hydrogens is 396 g/mol. The van der Waals surface area contributed by atoms with Gasteiger partial charge in [-0.3, -0.25) is 9.59 Å². The van der Waals surface area contributed by atoms with Crippen LogP contribution in [0.3, 0.4) is 0 Å². The summed E-state index contributed by atoms with van der Waals surface area (Å²) in [5.41, 5.74) is 1.94. The molecule has 0 fully saturated rings. The van der Waals surface area contributed by atoms with Crippen molar-refractivity contribution in [2.24, 2.45) is 0 Å². The van der Waals surface area contributed by atoms with Crippen LogP contribution in [0.4, 0.5) is 5.69 Å². The smallest absolute Gasteiger partial charge is 0.256 e. The summed E-state index contributed by atoms with van der Waals surface area (Å²) < 4.78 is 2.49. The van der Waals surface area contributed by atoms with Crippen LogP contribution in [-0.2, 0) is 0 Å². The number of halogens is 1. The fourth-order valence-corrected chi connectivity index (χ4v) is 3.08. The van der Waals surface area contributed by atoms with Gasteiger partial charge in [0.1, 0.15) is 0 Å². The van der Waals surface area contributed by atoms with Crippen LogP contribution in [0.2, 0.25) is 0 Å². The molecule has 2 heterocycles. The summed E-state index contributed by atoms with van der Waals surface area (Å²) in [4.78, 5) is 27.5. The minimum atomic E-state index is -0.356. The number of rotatable bonds is 3. The molecule has 0 unspecified atom stereocenters. The second-order valence-corrected chi connectivity index (χ2v) is 6.58. The lowest BCUT2D eigenvalue weighted by molar-refractivity contribution is 0.102. The van der Waals surface area contributed by atoms with E-state index in [1.165, 1.54) is 6.07 Å². The lowest BCUT2D eigenvalue weighted by Gasteiger charge is -2.12. The number of aromatic amines is 1. The number of aromatic nitrogens is 3. The number of fused-ring (bicyclic) bond motifs is 1. The van der Waals surface area contributed by atoms with Crippen LogP contribution < -0.4 is 10.9 Å². The van der Waals surface area contributed by atoms with Gasteiger partial charge in [0, 0.05) is 23.2 Å². The third-order valence-corrected chi connectivity index (χ3v) is 4.35. The third-order valence-electron chi connectivity index (χ3n) is 3.95. The first-order valence-electron chi connectivity index (χ1n) is 7.85. The molecule has 2 aromatic heterocycles. The molecule has 0 radical (unpaired) electrons. The number of carbonyl (C=O) groups excluding carboxylic acids is 1. The molecule has 0 aliphatic heterocycles. The number of anilines is 1. The predicted octanol–water partition coefficient (Wildman–Crippen LogP) is 3.73. The summed E-state index contributed by atoms with van der Waals surface area (Å²) in [5.74, 6) is -0.356. The van der Waals surface area contributed by atoms with Crippen molar-refractivity contribution in [1.82, 2.24) is 14.8 Å². The van der Waals surface area contributed by atoms with E-state index in [9.17, 15) is 9.59 Å². The van der Waals surface area contributed by atoms with E-state index in [1.54, 1.807) is 35.3 Å². The van der Waals surface area contributed by atoms with Crippen molar-refractivity contribution >= 4 is 38.4 Å². The van der Waals surface area contributed by atoms with Gasteiger partial charge in [-0.1, -0.05) is 30.3 Å². The van der Waals surface area contributed by atoms with Crippen LogP contribution in [0.25, 0.3) is 16.6 Å². The number of nitrogens with zero attached hydrogens (tertiary/aromatic N) is 2. The Kier molecular flexibility index (Phi) is 4.14. The van der Waals surface area contributed by atoms with Crippen molar-refractivity contribution < 1.29 is 4.79 Å². The number of para-hydroxylation sites is 3. The highest BCUT2D eigenvalue weighted by atomic mass is 79.9. The number of benzene rings is 2. The Morgan fingerprint density at radius 3 is 2.69 bits per heavy atom. The predicted molar refractivity (Wildman–Crippen MR) is 104 cm³/mol. The van der Waals surface area contributed by atoms with Crippen molar-refractivity contribution in [3.05, 3.63) is 87.4 Å². The molecule has 1 amide bonds. The Morgan fingerprint density at radius 2 is 1.88 bits per heavy atom. The van der Waals surface area contributed by atoms with Gasteiger partial charge in [0.05, 0.1) is 27.6 Å². The highest BCUT2D eigenvalue weighted by Gasteiger charge is 2.14. The molecule has 128 valence electrons. The first kappa shape index (κ1) is 16.3. The van der Waals surface area contributed by atoms with Crippen LogP contribution >= 0.6 is 15.9 Å². The van der Waals surface area contributed by atoms with Crippen molar-refractivity contribution in [3.63, 3.8) is 0 Å². The quantitative estimate of drug-likeness (QED) is 0.541. The molecule has 0 bridgehead atoms. The first-order valence-corrected chi connectivity index (χ1v) is 8.64. The topological polar surface area (TPSA) is 79.8 Å². The standard InChI is InChI=1S/C19H13BrN4O2/c20-12-10-21-24(11-12)17-8-4-3-7-16(17)23-19(26)14-9-18(25)22-15-6-2-1-5-13(14)15/h1-11H,(H,22,25)(H,23,26). The Morgan fingerprint density at radius 1 is 1.12 bits per heavy atom. The van der Waals surface area contributed by atoms with E-state index >= 15 is 0 Å². The van der Waals surface area contributed by atoms with Crippen LogP contribution in [0, 0.1) is 0 Å². The van der Waals surface area contributed by atoms with E-state index in [1.807, 2.05) is 30.3 Å².